The fourth-order valence-corrected chi connectivity index (χ4v) is 2.17. The van der Waals surface area contributed by atoms with E-state index in [9.17, 15) is 4.79 Å². The number of benzene rings is 1. The number of aryl methyl sites for hydroxylation is 1. The van der Waals surface area contributed by atoms with Gasteiger partial charge in [0.25, 0.3) is 0 Å². The Morgan fingerprint density at radius 3 is 2.74 bits per heavy atom. The molecule has 0 saturated carbocycles. The number of carbonyl (C=O) groups excluding carboxylic acids is 1. The first-order chi connectivity index (χ1) is 8.79. The van der Waals surface area contributed by atoms with Crippen LogP contribution in [0.15, 0.2) is 41.8 Å². The summed E-state index contributed by atoms with van der Waals surface area (Å²) in [6.45, 7) is 0.309. The normalized spacial score (nSPS) is 9.95. The van der Waals surface area contributed by atoms with Gasteiger partial charge in [-0.25, -0.2) is 9.67 Å². The van der Waals surface area contributed by atoms with Crippen molar-refractivity contribution in [1.82, 2.24) is 14.8 Å². The summed E-state index contributed by atoms with van der Waals surface area (Å²) in [5, 5.41) is 4.83. The molecule has 0 bridgehead atoms. The molecule has 0 aliphatic carbocycles. The number of nitrogens with zero attached hydrogens (tertiary/aromatic N) is 3. The van der Waals surface area contributed by atoms with Crippen molar-refractivity contribution >= 4 is 30.0 Å². The molecular weight excluding hydrogens is 282 g/mol. The number of thioether (sulfide) groups is 1. The fourth-order valence-electron chi connectivity index (χ4n) is 1.69. The van der Waals surface area contributed by atoms with Crippen LogP contribution >= 0.6 is 24.2 Å². The van der Waals surface area contributed by atoms with Crippen molar-refractivity contribution in [3.8, 4) is 0 Å². The van der Waals surface area contributed by atoms with E-state index in [0.29, 0.717) is 13.0 Å². The molecule has 2 aromatic rings. The molecule has 0 aliphatic heterocycles. The minimum absolute atomic E-state index is 0. The zero-order valence-electron chi connectivity index (χ0n) is 10.7. The molecule has 2 rings (SSSR count). The van der Waals surface area contributed by atoms with Crippen LogP contribution in [0.4, 0.5) is 0 Å². The third-order valence-corrected chi connectivity index (χ3v) is 3.31. The first kappa shape index (κ1) is 15.7. The highest BCUT2D eigenvalue weighted by molar-refractivity contribution is 7.98. The summed E-state index contributed by atoms with van der Waals surface area (Å²) in [6.07, 6.45) is 4.73. The number of hydrogen-bond acceptors (Lipinski definition) is 4. The van der Waals surface area contributed by atoms with E-state index in [2.05, 4.69) is 10.1 Å². The number of rotatable bonds is 6. The van der Waals surface area contributed by atoms with E-state index in [1.54, 1.807) is 4.68 Å². The Balaban J connectivity index is 0.00000180. The van der Waals surface area contributed by atoms with Gasteiger partial charge in [-0.1, -0.05) is 42.1 Å². The first-order valence-corrected chi connectivity index (χ1v) is 6.99. The number of aromatic nitrogens is 3. The number of ketones is 1. The van der Waals surface area contributed by atoms with Crippen LogP contribution in [-0.4, -0.2) is 26.8 Å². The molecule has 0 atom stereocenters. The van der Waals surface area contributed by atoms with Gasteiger partial charge in [0.2, 0.25) is 0 Å². The quantitative estimate of drug-likeness (QED) is 0.769. The molecule has 0 saturated heterocycles. The number of carbonyl (C=O) groups is 1. The summed E-state index contributed by atoms with van der Waals surface area (Å²) < 4.78 is 1.65. The van der Waals surface area contributed by atoms with E-state index in [4.69, 9.17) is 0 Å². The predicted molar refractivity (Wildman–Crippen MR) is 78.8 cm³/mol. The van der Waals surface area contributed by atoms with Gasteiger partial charge in [-0.3, -0.25) is 4.79 Å². The van der Waals surface area contributed by atoms with Gasteiger partial charge in [-0.15, -0.1) is 12.4 Å². The van der Waals surface area contributed by atoms with Crippen LogP contribution in [0.5, 0.6) is 0 Å². The van der Waals surface area contributed by atoms with Gasteiger partial charge in [0.1, 0.15) is 12.9 Å². The Hall–Kier alpha value is -1.33. The summed E-state index contributed by atoms with van der Waals surface area (Å²) in [5.74, 6) is 0.180. The van der Waals surface area contributed by atoms with E-state index >= 15 is 0 Å². The predicted octanol–water partition coefficient (Wildman–Crippen LogP) is 2.62. The van der Waals surface area contributed by atoms with Crippen LogP contribution in [-0.2, 0) is 17.8 Å². The van der Waals surface area contributed by atoms with Crippen LogP contribution in [0, 0.1) is 0 Å². The molecule has 1 aromatic heterocycles. The van der Waals surface area contributed by atoms with Crippen molar-refractivity contribution in [2.75, 3.05) is 6.26 Å². The first-order valence-electron chi connectivity index (χ1n) is 5.77. The summed E-state index contributed by atoms with van der Waals surface area (Å²) in [6, 6.07) is 10.0. The standard InChI is InChI=1S/C13H15N3OS.ClH/c1-18-13-14-10-15-16(13)9-12(17)8-7-11-5-3-2-4-6-11;/h2-6,10H,7-9H2,1H3;1H. The van der Waals surface area contributed by atoms with Gasteiger partial charge in [-0.2, -0.15) is 5.10 Å². The number of halogens is 1. The van der Waals surface area contributed by atoms with E-state index in [1.165, 1.54) is 23.7 Å². The Labute approximate surface area is 123 Å². The number of Topliss-reactive ketones (excluding diaryl/α,β-unsaturated/α-hetero) is 1. The highest BCUT2D eigenvalue weighted by atomic mass is 35.5. The minimum Gasteiger partial charge on any atom is -0.298 e. The number of hydrogen-bond donors (Lipinski definition) is 0. The van der Waals surface area contributed by atoms with Crippen LogP contribution < -0.4 is 0 Å². The molecule has 0 spiro atoms. The molecule has 0 N–H and O–H groups in total. The Morgan fingerprint density at radius 1 is 1.32 bits per heavy atom. The molecule has 0 aliphatic rings. The summed E-state index contributed by atoms with van der Waals surface area (Å²) in [4.78, 5) is 15.9. The van der Waals surface area contributed by atoms with Gasteiger partial charge >= 0.3 is 0 Å². The lowest BCUT2D eigenvalue weighted by molar-refractivity contribution is -0.119. The smallest absolute Gasteiger partial charge is 0.186 e. The summed E-state index contributed by atoms with van der Waals surface area (Å²) >= 11 is 1.50. The highest BCUT2D eigenvalue weighted by Crippen LogP contribution is 2.10. The summed E-state index contributed by atoms with van der Waals surface area (Å²) in [5.41, 5.74) is 1.19. The van der Waals surface area contributed by atoms with Crippen molar-refractivity contribution in [3.63, 3.8) is 0 Å². The lowest BCUT2D eigenvalue weighted by Gasteiger charge is -2.03. The molecule has 6 heteroatoms. The Morgan fingerprint density at radius 2 is 2.05 bits per heavy atom. The second kappa shape index (κ2) is 7.96. The Kier molecular flexibility index (Phi) is 6.59. The third-order valence-electron chi connectivity index (χ3n) is 2.62. The molecule has 0 fully saturated rings. The molecule has 1 heterocycles. The molecule has 0 unspecified atom stereocenters. The average Bonchev–Trinajstić information content (AvgIpc) is 2.85. The topological polar surface area (TPSA) is 47.8 Å². The van der Waals surface area contributed by atoms with Crippen molar-refractivity contribution < 1.29 is 4.79 Å². The van der Waals surface area contributed by atoms with Crippen LogP contribution in [0.1, 0.15) is 12.0 Å². The second-order valence-corrected chi connectivity index (χ2v) is 4.70. The van der Waals surface area contributed by atoms with E-state index in [1.807, 2.05) is 36.6 Å². The SMILES string of the molecule is CSc1ncnn1CC(=O)CCc1ccccc1.Cl. The van der Waals surface area contributed by atoms with Crippen molar-refractivity contribution in [1.29, 1.82) is 0 Å². The van der Waals surface area contributed by atoms with Crippen molar-refractivity contribution in [3.05, 3.63) is 42.2 Å². The van der Waals surface area contributed by atoms with Crippen LogP contribution in [0.25, 0.3) is 0 Å². The van der Waals surface area contributed by atoms with Crippen molar-refractivity contribution in [2.24, 2.45) is 0 Å². The van der Waals surface area contributed by atoms with Crippen LogP contribution in [0.2, 0.25) is 0 Å². The lowest BCUT2D eigenvalue weighted by atomic mass is 10.1. The molecule has 1 aromatic carbocycles. The highest BCUT2D eigenvalue weighted by Gasteiger charge is 2.08. The van der Waals surface area contributed by atoms with E-state index in [-0.39, 0.29) is 18.2 Å². The largest absolute Gasteiger partial charge is 0.298 e. The zero-order chi connectivity index (χ0) is 12.8. The lowest BCUT2D eigenvalue weighted by Crippen LogP contribution is -2.13. The Bertz CT molecular complexity index is 516. The second-order valence-electron chi connectivity index (χ2n) is 3.93. The fraction of sp³-hybridized carbons (Fsp3) is 0.308. The molecule has 19 heavy (non-hydrogen) atoms. The molecule has 0 radical (unpaired) electrons. The zero-order valence-corrected chi connectivity index (χ0v) is 12.3. The van der Waals surface area contributed by atoms with Crippen molar-refractivity contribution in [2.45, 2.75) is 24.5 Å². The average molecular weight is 298 g/mol. The molecule has 102 valence electrons. The van der Waals surface area contributed by atoms with E-state index < -0.39 is 0 Å². The molecule has 0 amide bonds. The maximum absolute atomic E-state index is 11.9. The van der Waals surface area contributed by atoms with Gasteiger partial charge in [0, 0.05) is 6.42 Å². The maximum Gasteiger partial charge on any atom is 0.186 e. The third kappa shape index (κ3) is 4.69. The van der Waals surface area contributed by atoms with Gasteiger partial charge < -0.3 is 0 Å². The minimum atomic E-state index is 0. The van der Waals surface area contributed by atoms with Gasteiger partial charge in [-0.05, 0) is 18.2 Å². The van der Waals surface area contributed by atoms with Crippen LogP contribution in [0.3, 0.4) is 0 Å². The molecule has 4 nitrogen and oxygen atoms in total. The monoisotopic (exact) mass is 297 g/mol. The van der Waals surface area contributed by atoms with Gasteiger partial charge in [0.05, 0.1) is 0 Å². The molecular formula is C13H16ClN3OS. The van der Waals surface area contributed by atoms with E-state index in [0.717, 1.165) is 11.6 Å². The maximum atomic E-state index is 11.9. The summed E-state index contributed by atoms with van der Waals surface area (Å²) in [7, 11) is 0. The van der Waals surface area contributed by atoms with Gasteiger partial charge in [0.15, 0.2) is 10.9 Å².